The molecule has 0 saturated carbocycles. The van der Waals surface area contributed by atoms with Crippen LogP contribution in [0.5, 0.6) is 17.2 Å². The Labute approximate surface area is 226 Å². The van der Waals surface area contributed by atoms with Crippen molar-refractivity contribution in [3.63, 3.8) is 0 Å². The first-order valence-electron chi connectivity index (χ1n) is 12.6. The van der Waals surface area contributed by atoms with Gasteiger partial charge in [0.25, 0.3) is 11.8 Å². The lowest BCUT2D eigenvalue weighted by atomic mass is 10.1. The maximum absolute atomic E-state index is 13.2. The molecule has 0 aliphatic carbocycles. The first kappa shape index (κ1) is 25.8. The molecule has 200 valence electrons. The predicted octanol–water partition coefficient (Wildman–Crippen LogP) is 4.48. The van der Waals surface area contributed by atoms with Gasteiger partial charge < -0.3 is 29.3 Å². The first-order chi connectivity index (χ1) is 19.0. The second kappa shape index (κ2) is 11.3. The van der Waals surface area contributed by atoms with E-state index in [-0.39, 0.29) is 11.8 Å². The minimum atomic E-state index is -0.258. The molecule has 0 radical (unpaired) electrons. The Balaban J connectivity index is 1.21. The van der Waals surface area contributed by atoms with Crippen molar-refractivity contribution in [3.05, 3.63) is 84.1 Å². The fraction of sp³-hybridized carbons (Fsp3) is 0.233. The van der Waals surface area contributed by atoms with Gasteiger partial charge in [-0.3, -0.25) is 9.59 Å². The van der Waals surface area contributed by atoms with E-state index in [4.69, 9.17) is 14.2 Å². The molecule has 39 heavy (non-hydrogen) atoms. The molecule has 1 aliphatic rings. The summed E-state index contributed by atoms with van der Waals surface area (Å²) in [6, 6.07) is 22.1. The summed E-state index contributed by atoms with van der Waals surface area (Å²) in [7, 11) is 4.69. The molecule has 3 aromatic carbocycles. The number of nitrogens with zero attached hydrogens (tertiary/aromatic N) is 3. The second-order valence-electron chi connectivity index (χ2n) is 9.11. The molecular weight excluding hydrogens is 496 g/mol. The molecule has 9 heteroatoms. The lowest BCUT2D eigenvalue weighted by Crippen LogP contribution is -2.49. The maximum Gasteiger partial charge on any atom is 0.272 e. The third kappa shape index (κ3) is 5.57. The number of ether oxygens (including phenoxy) is 3. The number of benzene rings is 3. The van der Waals surface area contributed by atoms with Gasteiger partial charge in [-0.05, 0) is 48.5 Å². The number of rotatable bonds is 7. The molecule has 0 atom stereocenters. The van der Waals surface area contributed by atoms with Crippen molar-refractivity contribution in [2.75, 3.05) is 57.7 Å². The monoisotopic (exact) mass is 526 g/mol. The third-order valence-corrected chi connectivity index (χ3v) is 6.79. The summed E-state index contributed by atoms with van der Waals surface area (Å²) < 4.78 is 16.0. The number of carbonyl (C=O) groups is 2. The minimum absolute atomic E-state index is 0.106. The van der Waals surface area contributed by atoms with Gasteiger partial charge in [-0.2, -0.15) is 0 Å². The summed E-state index contributed by atoms with van der Waals surface area (Å²) in [5, 5.41) is 3.79. The van der Waals surface area contributed by atoms with E-state index in [1.165, 1.54) is 0 Å². The Bertz CT molecular complexity index is 1480. The summed E-state index contributed by atoms with van der Waals surface area (Å²) >= 11 is 0. The summed E-state index contributed by atoms with van der Waals surface area (Å²) in [4.78, 5) is 34.6. The Morgan fingerprint density at radius 1 is 0.795 bits per heavy atom. The highest BCUT2D eigenvalue weighted by Gasteiger charge is 2.24. The first-order valence-corrected chi connectivity index (χ1v) is 12.6. The number of fused-ring (bicyclic) bond motifs is 1. The van der Waals surface area contributed by atoms with Gasteiger partial charge >= 0.3 is 0 Å². The van der Waals surface area contributed by atoms with E-state index >= 15 is 0 Å². The molecular formula is C30H30N4O5. The fourth-order valence-corrected chi connectivity index (χ4v) is 4.65. The normalized spacial score (nSPS) is 13.2. The highest BCUT2D eigenvalue weighted by atomic mass is 16.5. The largest absolute Gasteiger partial charge is 0.497 e. The van der Waals surface area contributed by atoms with E-state index in [9.17, 15) is 9.59 Å². The van der Waals surface area contributed by atoms with Gasteiger partial charge in [0.15, 0.2) is 0 Å². The number of pyridine rings is 1. The van der Waals surface area contributed by atoms with Crippen molar-refractivity contribution >= 4 is 34.1 Å². The van der Waals surface area contributed by atoms with Crippen LogP contribution in [0, 0.1) is 0 Å². The van der Waals surface area contributed by atoms with Crippen LogP contribution in [0.15, 0.2) is 72.8 Å². The minimum Gasteiger partial charge on any atom is -0.497 e. The summed E-state index contributed by atoms with van der Waals surface area (Å²) in [5.41, 5.74) is 3.25. The number of nitrogens with one attached hydrogen (secondary N) is 1. The topological polar surface area (TPSA) is 93.2 Å². The van der Waals surface area contributed by atoms with Crippen molar-refractivity contribution < 1.29 is 23.8 Å². The summed E-state index contributed by atoms with van der Waals surface area (Å²) in [6.07, 6.45) is 0. The van der Waals surface area contributed by atoms with E-state index in [1.807, 2.05) is 53.4 Å². The quantitative estimate of drug-likeness (QED) is 0.380. The smallest absolute Gasteiger partial charge is 0.272 e. The Morgan fingerprint density at radius 3 is 2.10 bits per heavy atom. The second-order valence-corrected chi connectivity index (χ2v) is 9.11. The average molecular weight is 527 g/mol. The molecule has 4 aromatic rings. The average Bonchev–Trinajstić information content (AvgIpc) is 3.00. The zero-order chi connectivity index (χ0) is 27.4. The lowest BCUT2D eigenvalue weighted by molar-refractivity contribution is 0.0740. The van der Waals surface area contributed by atoms with E-state index in [0.717, 1.165) is 16.6 Å². The Kier molecular flexibility index (Phi) is 7.49. The number of hydrogen-bond acceptors (Lipinski definition) is 7. The molecule has 2 amide bonds. The standard InChI is InChI=1S/C30H30N4O5/c1-37-23-16-20(17-24(18-23)38-2)29(35)31-21-8-10-22(11-9-21)33-12-14-34(15-13-33)30(36)27-19-28(39-3)25-6-4-5-7-26(25)32-27/h4-11,16-19H,12-15H2,1-3H3,(H,31,35). The van der Waals surface area contributed by atoms with Crippen LogP contribution < -0.4 is 24.4 Å². The number of hydrogen-bond donors (Lipinski definition) is 1. The van der Waals surface area contributed by atoms with Crippen LogP contribution in [0.25, 0.3) is 10.9 Å². The molecule has 0 spiro atoms. The Hall–Kier alpha value is -4.79. The van der Waals surface area contributed by atoms with Crippen LogP contribution in [-0.2, 0) is 0 Å². The highest BCUT2D eigenvalue weighted by Crippen LogP contribution is 2.27. The van der Waals surface area contributed by atoms with Crippen molar-refractivity contribution in [1.82, 2.24) is 9.88 Å². The third-order valence-electron chi connectivity index (χ3n) is 6.79. The van der Waals surface area contributed by atoms with Gasteiger partial charge in [-0.1, -0.05) is 12.1 Å². The van der Waals surface area contributed by atoms with Crippen molar-refractivity contribution in [2.24, 2.45) is 0 Å². The number of carbonyl (C=O) groups excluding carboxylic acids is 2. The van der Waals surface area contributed by atoms with Gasteiger partial charge in [0, 0.05) is 60.6 Å². The SMILES string of the molecule is COc1cc(OC)cc(C(=O)Nc2ccc(N3CCN(C(=O)c4cc(OC)c5ccccc5n4)CC3)cc2)c1. The van der Waals surface area contributed by atoms with Gasteiger partial charge in [0.1, 0.15) is 22.9 Å². The summed E-state index contributed by atoms with van der Waals surface area (Å²) in [6.45, 7) is 2.52. The number of anilines is 2. The number of aromatic nitrogens is 1. The maximum atomic E-state index is 13.2. The van der Waals surface area contributed by atoms with Gasteiger partial charge in [-0.25, -0.2) is 4.98 Å². The molecule has 1 aromatic heterocycles. The number of methoxy groups -OCH3 is 3. The lowest BCUT2D eigenvalue weighted by Gasteiger charge is -2.36. The molecule has 1 fully saturated rings. The fourth-order valence-electron chi connectivity index (χ4n) is 4.65. The zero-order valence-electron chi connectivity index (χ0n) is 22.1. The van der Waals surface area contributed by atoms with Crippen molar-refractivity contribution in [3.8, 4) is 17.2 Å². The number of amides is 2. The zero-order valence-corrected chi connectivity index (χ0v) is 22.1. The molecule has 1 saturated heterocycles. The molecule has 2 heterocycles. The number of piperazine rings is 1. The van der Waals surface area contributed by atoms with Crippen molar-refractivity contribution in [1.29, 1.82) is 0 Å². The van der Waals surface area contributed by atoms with E-state index in [2.05, 4.69) is 15.2 Å². The van der Waals surface area contributed by atoms with Crippen LogP contribution in [0.4, 0.5) is 11.4 Å². The van der Waals surface area contributed by atoms with Gasteiger partial charge in [0.2, 0.25) is 0 Å². The molecule has 5 rings (SSSR count). The van der Waals surface area contributed by atoms with Gasteiger partial charge in [-0.15, -0.1) is 0 Å². The predicted molar refractivity (Wildman–Crippen MR) is 150 cm³/mol. The van der Waals surface area contributed by atoms with Crippen LogP contribution in [-0.4, -0.2) is 69.2 Å². The van der Waals surface area contributed by atoms with Gasteiger partial charge in [0.05, 0.1) is 26.8 Å². The van der Waals surface area contributed by atoms with Crippen molar-refractivity contribution in [2.45, 2.75) is 0 Å². The van der Waals surface area contributed by atoms with Crippen LogP contribution in [0.1, 0.15) is 20.8 Å². The van der Waals surface area contributed by atoms with E-state index in [1.54, 1.807) is 45.6 Å². The van der Waals surface area contributed by atoms with Crippen LogP contribution in [0.3, 0.4) is 0 Å². The van der Waals surface area contributed by atoms with Crippen LogP contribution in [0.2, 0.25) is 0 Å². The molecule has 0 bridgehead atoms. The molecule has 9 nitrogen and oxygen atoms in total. The summed E-state index contributed by atoms with van der Waals surface area (Å²) in [5.74, 6) is 1.36. The van der Waals surface area contributed by atoms with E-state index in [0.29, 0.717) is 60.4 Å². The highest BCUT2D eigenvalue weighted by molar-refractivity contribution is 6.05. The molecule has 1 N–H and O–H groups in total. The number of para-hydroxylation sites is 1. The molecule has 0 unspecified atom stereocenters. The Morgan fingerprint density at radius 2 is 1.46 bits per heavy atom. The molecule has 1 aliphatic heterocycles. The van der Waals surface area contributed by atoms with Crippen LogP contribution >= 0.6 is 0 Å². The van der Waals surface area contributed by atoms with E-state index < -0.39 is 0 Å².